The first-order chi connectivity index (χ1) is 12.2. The largest absolute Gasteiger partial charge is 0.378 e. The standard InChI is InChI=1S/C18H20N6S/c1-24(2)16-10-8-14(9-11-16)12-19-21-17-20-18(23-22-17)25-13-15-6-4-3-5-7-15/h3-12H,13H2,1-2H3,(H2,20,21,22,23)/b19-12-. The van der Waals surface area contributed by atoms with Gasteiger partial charge in [0.15, 0.2) is 0 Å². The fourth-order valence-corrected chi connectivity index (χ4v) is 2.86. The van der Waals surface area contributed by atoms with Crippen molar-refractivity contribution in [1.82, 2.24) is 15.2 Å². The molecule has 3 aromatic rings. The average Bonchev–Trinajstić information content (AvgIpc) is 3.09. The number of thioether (sulfide) groups is 1. The molecule has 0 aliphatic carbocycles. The van der Waals surface area contributed by atoms with E-state index in [4.69, 9.17) is 0 Å². The Morgan fingerprint density at radius 2 is 1.88 bits per heavy atom. The van der Waals surface area contributed by atoms with Crippen LogP contribution in [0.1, 0.15) is 11.1 Å². The van der Waals surface area contributed by atoms with Gasteiger partial charge in [-0.2, -0.15) is 10.1 Å². The molecular weight excluding hydrogens is 332 g/mol. The highest BCUT2D eigenvalue weighted by molar-refractivity contribution is 7.98. The molecule has 128 valence electrons. The Labute approximate surface area is 151 Å². The number of aromatic amines is 1. The Balaban J connectivity index is 1.51. The third-order valence-corrected chi connectivity index (χ3v) is 4.39. The van der Waals surface area contributed by atoms with Gasteiger partial charge in [-0.15, -0.1) is 5.10 Å². The SMILES string of the molecule is CN(C)c1ccc(/C=N\Nc2nc(SCc3ccccc3)n[nH]2)cc1. The van der Waals surface area contributed by atoms with Crippen LogP contribution in [-0.4, -0.2) is 35.5 Å². The van der Waals surface area contributed by atoms with Crippen LogP contribution in [0.2, 0.25) is 0 Å². The second-order valence-electron chi connectivity index (χ2n) is 5.60. The van der Waals surface area contributed by atoms with Gasteiger partial charge in [-0.1, -0.05) is 54.2 Å². The zero-order valence-electron chi connectivity index (χ0n) is 14.2. The zero-order chi connectivity index (χ0) is 17.5. The Morgan fingerprint density at radius 3 is 2.60 bits per heavy atom. The van der Waals surface area contributed by atoms with Crippen LogP contribution in [0.3, 0.4) is 0 Å². The second kappa shape index (κ2) is 8.34. The average molecular weight is 352 g/mol. The van der Waals surface area contributed by atoms with Crippen molar-refractivity contribution in [3.63, 3.8) is 0 Å². The summed E-state index contributed by atoms with van der Waals surface area (Å²) in [6, 6.07) is 18.4. The lowest BCUT2D eigenvalue weighted by atomic mass is 10.2. The zero-order valence-corrected chi connectivity index (χ0v) is 15.0. The Kier molecular flexibility index (Phi) is 5.69. The summed E-state index contributed by atoms with van der Waals surface area (Å²) in [5.41, 5.74) is 6.27. The summed E-state index contributed by atoms with van der Waals surface area (Å²) in [6.45, 7) is 0. The summed E-state index contributed by atoms with van der Waals surface area (Å²) in [4.78, 5) is 6.42. The van der Waals surface area contributed by atoms with E-state index in [-0.39, 0.29) is 0 Å². The van der Waals surface area contributed by atoms with E-state index in [9.17, 15) is 0 Å². The van der Waals surface area contributed by atoms with E-state index in [2.05, 4.69) is 42.7 Å². The van der Waals surface area contributed by atoms with Crippen molar-refractivity contribution < 1.29 is 0 Å². The van der Waals surface area contributed by atoms with E-state index in [1.165, 1.54) is 5.56 Å². The van der Waals surface area contributed by atoms with Crippen LogP contribution in [0.4, 0.5) is 11.6 Å². The summed E-state index contributed by atoms with van der Waals surface area (Å²) < 4.78 is 0. The fraction of sp³-hybridized carbons (Fsp3) is 0.167. The van der Waals surface area contributed by atoms with Crippen LogP contribution < -0.4 is 10.3 Å². The fourth-order valence-electron chi connectivity index (χ4n) is 2.11. The first kappa shape index (κ1) is 17.0. The number of hydrazone groups is 1. The summed E-state index contributed by atoms with van der Waals surface area (Å²) in [7, 11) is 4.03. The predicted octanol–water partition coefficient (Wildman–Crippen LogP) is 3.61. The maximum Gasteiger partial charge on any atom is 0.240 e. The molecule has 0 saturated heterocycles. The molecule has 0 atom stereocenters. The normalized spacial score (nSPS) is 11.0. The van der Waals surface area contributed by atoms with Gasteiger partial charge < -0.3 is 4.90 Å². The molecule has 1 aromatic heterocycles. The van der Waals surface area contributed by atoms with Crippen LogP contribution >= 0.6 is 11.8 Å². The lowest BCUT2D eigenvalue weighted by Crippen LogP contribution is -2.08. The highest BCUT2D eigenvalue weighted by atomic mass is 32.2. The van der Waals surface area contributed by atoms with Gasteiger partial charge in [0.2, 0.25) is 11.1 Å². The predicted molar refractivity (Wildman–Crippen MR) is 104 cm³/mol. The maximum atomic E-state index is 4.36. The number of hydrogen-bond donors (Lipinski definition) is 2. The second-order valence-corrected chi connectivity index (χ2v) is 6.54. The number of H-pyrrole nitrogens is 1. The number of anilines is 2. The van der Waals surface area contributed by atoms with Crippen LogP contribution in [0.25, 0.3) is 0 Å². The van der Waals surface area contributed by atoms with Crippen LogP contribution in [0, 0.1) is 0 Å². The van der Waals surface area contributed by atoms with Crippen LogP contribution in [0.5, 0.6) is 0 Å². The van der Waals surface area contributed by atoms with Crippen LogP contribution in [0.15, 0.2) is 64.9 Å². The molecule has 0 amide bonds. The van der Waals surface area contributed by atoms with Crippen molar-refractivity contribution in [2.75, 3.05) is 24.4 Å². The number of aromatic nitrogens is 3. The number of rotatable bonds is 7. The van der Waals surface area contributed by atoms with Gasteiger partial charge in [-0.3, -0.25) is 0 Å². The van der Waals surface area contributed by atoms with Gasteiger partial charge in [0.25, 0.3) is 0 Å². The Bertz CT molecular complexity index is 811. The molecule has 0 saturated carbocycles. The van der Waals surface area contributed by atoms with Gasteiger partial charge in [0.1, 0.15) is 0 Å². The number of hydrogen-bond acceptors (Lipinski definition) is 6. The highest BCUT2D eigenvalue weighted by Crippen LogP contribution is 2.19. The smallest absolute Gasteiger partial charge is 0.240 e. The maximum absolute atomic E-state index is 4.36. The van der Waals surface area contributed by atoms with E-state index >= 15 is 0 Å². The van der Waals surface area contributed by atoms with Gasteiger partial charge >= 0.3 is 0 Å². The van der Waals surface area contributed by atoms with Gasteiger partial charge in [0.05, 0.1) is 6.21 Å². The molecular formula is C18H20N6S. The van der Waals surface area contributed by atoms with E-state index < -0.39 is 0 Å². The summed E-state index contributed by atoms with van der Waals surface area (Å²) in [6.07, 6.45) is 1.75. The van der Waals surface area contributed by atoms with Crippen molar-refractivity contribution in [1.29, 1.82) is 0 Å². The lowest BCUT2D eigenvalue weighted by Gasteiger charge is -2.11. The van der Waals surface area contributed by atoms with Crippen molar-refractivity contribution in [2.24, 2.45) is 5.10 Å². The van der Waals surface area contributed by atoms with E-state index in [1.807, 2.05) is 56.6 Å². The molecule has 25 heavy (non-hydrogen) atoms. The first-order valence-electron chi connectivity index (χ1n) is 7.86. The Morgan fingerprint density at radius 1 is 1.12 bits per heavy atom. The molecule has 0 aliphatic heterocycles. The Hall–Kier alpha value is -2.80. The summed E-state index contributed by atoms with van der Waals surface area (Å²) in [5.74, 6) is 1.36. The molecule has 3 rings (SSSR count). The summed E-state index contributed by atoms with van der Waals surface area (Å²) in [5, 5.41) is 11.9. The molecule has 2 N–H and O–H groups in total. The molecule has 0 radical (unpaired) electrons. The van der Waals surface area contributed by atoms with Crippen LogP contribution in [-0.2, 0) is 5.75 Å². The molecule has 0 unspecified atom stereocenters. The molecule has 2 aromatic carbocycles. The first-order valence-corrected chi connectivity index (χ1v) is 8.85. The van der Waals surface area contributed by atoms with E-state index in [0.717, 1.165) is 17.0 Å². The number of nitrogens with one attached hydrogen (secondary N) is 2. The molecule has 0 bridgehead atoms. The monoisotopic (exact) mass is 352 g/mol. The topological polar surface area (TPSA) is 69.2 Å². The summed E-state index contributed by atoms with van der Waals surface area (Å²) >= 11 is 1.58. The van der Waals surface area contributed by atoms with Gasteiger partial charge in [0, 0.05) is 25.5 Å². The molecule has 1 heterocycles. The lowest BCUT2D eigenvalue weighted by molar-refractivity contribution is 0.972. The van der Waals surface area contributed by atoms with Crippen molar-refractivity contribution in [2.45, 2.75) is 10.9 Å². The number of benzene rings is 2. The third kappa shape index (κ3) is 5.09. The minimum atomic E-state index is 0.525. The molecule has 0 fully saturated rings. The quantitative estimate of drug-likeness (QED) is 0.386. The minimum absolute atomic E-state index is 0.525. The van der Waals surface area contributed by atoms with Gasteiger partial charge in [-0.25, -0.2) is 10.5 Å². The molecule has 7 heteroatoms. The van der Waals surface area contributed by atoms with Crippen molar-refractivity contribution >= 4 is 29.6 Å². The van der Waals surface area contributed by atoms with E-state index in [1.54, 1.807) is 18.0 Å². The molecule has 0 aliphatic rings. The highest BCUT2D eigenvalue weighted by Gasteiger charge is 2.03. The third-order valence-electron chi connectivity index (χ3n) is 3.47. The van der Waals surface area contributed by atoms with Gasteiger partial charge in [-0.05, 0) is 23.3 Å². The van der Waals surface area contributed by atoms with Crippen molar-refractivity contribution in [3.8, 4) is 0 Å². The molecule has 6 nitrogen and oxygen atoms in total. The number of nitrogens with zero attached hydrogens (tertiary/aromatic N) is 4. The molecule has 0 spiro atoms. The van der Waals surface area contributed by atoms with E-state index in [0.29, 0.717) is 11.1 Å². The minimum Gasteiger partial charge on any atom is -0.378 e. The van der Waals surface area contributed by atoms with Crippen molar-refractivity contribution in [3.05, 3.63) is 65.7 Å².